The first-order valence-electron chi connectivity index (χ1n) is 6.80. The second-order valence-corrected chi connectivity index (χ2v) is 5.14. The van der Waals surface area contributed by atoms with Crippen molar-refractivity contribution in [1.82, 2.24) is 15.2 Å². The minimum absolute atomic E-state index is 0.0404. The molecule has 6 nitrogen and oxygen atoms in total. The summed E-state index contributed by atoms with van der Waals surface area (Å²) in [5, 5.41) is 4.47. The number of fused-ring (bicyclic) bond motifs is 1. The minimum Gasteiger partial charge on any atom is -0.383 e. The van der Waals surface area contributed by atoms with E-state index in [0.717, 1.165) is 16.3 Å². The van der Waals surface area contributed by atoms with E-state index in [-0.39, 0.29) is 5.91 Å². The maximum atomic E-state index is 12.1. The highest BCUT2D eigenvalue weighted by molar-refractivity contribution is 5.91. The SMILES string of the molecule is Nc1nccc2ccc(CN3CC[C@H](NC=O)C3=O)cc12. The molecule has 0 saturated carbocycles. The van der Waals surface area contributed by atoms with Gasteiger partial charge in [-0.1, -0.05) is 12.1 Å². The largest absolute Gasteiger partial charge is 0.383 e. The second kappa shape index (κ2) is 5.40. The summed E-state index contributed by atoms with van der Waals surface area (Å²) in [6.07, 6.45) is 2.90. The number of likely N-dealkylation sites (tertiary alicyclic amines) is 1. The summed E-state index contributed by atoms with van der Waals surface area (Å²) in [6, 6.07) is 7.43. The molecule has 2 heterocycles. The van der Waals surface area contributed by atoms with Gasteiger partial charge in [-0.2, -0.15) is 0 Å². The third-order valence-electron chi connectivity index (χ3n) is 3.80. The molecular formula is C15H16N4O2. The predicted octanol–water partition coefficient (Wildman–Crippen LogP) is 0.664. The number of pyridine rings is 1. The first-order valence-corrected chi connectivity index (χ1v) is 6.80. The standard InChI is InChI=1S/C15H16N4O2/c16-14-12-7-10(1-2-11(12)3-5-17-14)8-19-6-4-13(15(19)21)18-9-20/h1-3,5,7,9,13H,4,6,8H2,(H2,16,17)(H,18,20)/t13-/m0/s1. The third kappa shape index (κ3) is 2.52. The minimum atomic E-state index is -0.394. The number of hydrogen-bond donors (Lipinski definition) is 2. The number of carbonyl (C=O) groups is 2. The third-order valence-corrected chi connectivity index (χ3v) is 3.80. The van der Waals surface area contributed by atoms with E-state index in [1.54, 1.807) is 11.1 Å². The molecule has 0 bridgehead atoms. The quantitative estimate of drug-likeness (QED) is 0.807. The smallest absolute Gasteiger partial charge is 0.245 e. The van der Waals surface area contributed by atoms with Gasteiger partial charge >= 0.3 is 0 Å². The summed E-state index contributed by atoms with van der Waals surface area (Å²) < 4.78 is 0. The first kappa shape index (κ1) is 13.4. The van der Waals surface area contributed by atoms with Crippen LogP contribution in [0.15, 0.2) is 30.5 Å². The van der Waals surface area contributed by atoms with Gasteiger partial charge in [-0.3, -0.25) is 9.59 Å². The highest BCUT2D eigenvalue weighted by atomic mass is 16.2. The molecule has 0 aliphatic carbocycles. The monoisotopic (exact) mass is 284 g/mol. The van der Waals surface area contributed by atoms with Gasteiger partial charge in [-0.05, 0) is 29.5 Å². The number of rotatable bonds is 4. The van der Waals surface area contributed by atoms with Crippen LogP contribution in [0.3, 0.4) is 0 Å². The lowest BCUT2D eigenvalue weighted by atomic mass is 10.1. The number of nitrogen functional groups attached to an aromatic ring is 1. The van der Waals surface area contributed by atoms with Crippen molar-refractivity contribution in [1.29, 1.82) is 0 Å². The van der Waals surface area contributed by atoms with E-state index in [4.69, 9.17) is 5.73 Å². The lowest BCUT2D eigenvalue weighted by Crippen LogP contribution is -2.37. The molecule has 1 atom stereocenters. The summed E-state index contributed by atoms with van der Waals surface area (Å²) in [6.45, 7) is 1.16. The maximum Gasteiger partial charge on any atom is 0.245 e. The van der Waals surface area contributed by atoms with Crippen LogP contribution in [0, 0.1) is 0 Å². The molecule has 108 valence electrons. The van der Waals surface area contributed by atoms with Crippen molar-refractivity contribution in [3.63, 3.8) is 0 Å². The molecule has 1 aliphatic heterocycles. The van der Waals surface area contributed by atoms with Crippen LogP contribution in [0.1, 0.15) is 12.0 Å². The van der Waals surface area contributed by atoms with Crippen molar-refractivity contribution in [3.8, 4) is 0 Å². The van der Waals surface area contributed by atoms with Crippen LogP contribution in [0.4, 0.5) is 5.82 Å². The number of amides is 2. The van der Waals surface area contributed by atoms with E-state index in [0.29, 0.717) is 31.7 Å². The van der Waals surface area contributed by atoms with Crippen LogP contribution in [-0.4, -0.2) is 34.8 Å². The van der Waals surface area contributed by atoms with E-state index < -0.39 is 6.04 Å². The lowest BCUT2D eigenvalue weighted by molar-refractivity contribution is -0.131. The normalized spacial score (nSPS) is 18.2. The number of aromatic nitrogens is 1. The van der Waals surface area contributed by atoms with Crippen LogP contribution >= 0.6 is 0 Å². The first-order chi connectivity index (χ1) is 10.2. The average Bonchev–Trinajstić information content (AvgIpc) is 2.82. The number of anilines is 1. The molecule has 0 radical (unpaired) electrons. The molecule has 2 amide bonds. The van der Waals surface area contributed by atoms with Crippen molar-refractivity contribution in [3.05, 3.63) is 36.0 Å². The number of hydrogen-bond acceptors (Lipinski definition) is 4. The fraction of sp³-hybridized carbons (Fsp3) is 0.267. The Morgan fingerprint density at radius 3 is 3.10 bits per heavy atom. The van der Waals surface area contributed by atoms with Crippen molar-refractivity contribution in [2.45, 2.75) is 19.0 Å². The molecule has 1 aliphatic rings. The number of carbonyl (C=O) groups excluding carboxylic acids is 2. The van der Waals surface area contributed by atoms with Gasteiger partial charge in [0.2, 0.25) is 12.3 Å². The van der Waals surface area contributed by atoms with E-state index in [1.807, 2.05) is 24.3 Å². The predicted molar refractivity (Wildman–Crippen MR) is 79.2 cm³/mol. The van der Waals surface area contributed by atoms with Crippen LogP contribution < -0.4 is 11.1 Å². The molecular weight excluding hydrogens is 268 g/mol. The Bertz CT molecular complexity index is 701. The van der Waals surface area contributed by atoms with Crippen LogP contribution in [-0.2, 0) is 16.1 Å². The number of nitrogens with zero attached hydrogens (tertiary/aromatic N) is 2. The summed E-state index contributed by atoms with van der Waals surface area (Å²) in [4.78, 5) is 28.4. The molecule has 6 heteroatoms. The fourth-order valence-corrected chi connectivity index (χ4v) is 2.69. The van der Waals surface area contributed by atoms with E-state index in [9.17, 15) is 9.59 Å². The van der Waals surface area contributed by atoms with Gasteiger partial charge < -0.3 is 16.0 Å². The Morgan fingerprint density at radius 2 is 2.29 bits per heavy atom. The molecule has 0 spiro atoms. The summed E-state index contributed by atoms with van der Waals surface area (Å²) in [5.74, 6) is 0.448. The zero-order valence-electron chi connectivity index (χ0n) is 11.5. The topological polar surface area (TPSA) is 88.3 Å². The Balaban J connectivity index is 1.81. The second-order valence-electron chi connectivity index (χ2n) is 5.14. The highest BCUT2D eigenvalue weighted by Crippen LogP contribution is 2.22. The zero-order valence-corrected chi connectivity index (χ0v) is 11.5. The lowest BCUT2D eigenvalue weighted by Gasteiger charge is -2.17. The van der Waals surface area contributed by atoms with E-state index >= 15 is 0 Å². The van der Waals surface area contributed by atoms with Crippen molar-refractivity contribution in [2.24, 2.45) is 0 Å². The Kier molecular flexibility index (Phi) is 3.43. The van der Waals surface area contributed by atoms with Gasteiger partial charge in [0.25, 0.3) is 0 Å². The van der Waals surface area contributed by atoms with Gasteiger partial charge in [0.1, 0.15) is 11.9 Å². The summed E-state index contributed by atoms with van der Waals surface area (Å²) in [7, 11) is 0. The van der Waals surface area contributed by atoms with Crippen LogP contribution in [0.25, 0.3) is 10.8 Å². The average molecular weight is 284 g/mol. The van der Waals surface area contributed by atoms with Crippen LogP contribution in [0.2, 0.25) is 0 Å². The number of nitrogens with two attached hydrogens (primary N) is 1. The molecule has 1 fully saturated rings. The Hall–Kier alpha value is -2.63. The van der Waals surface area contributed by atoms with Gasteiger partial charge in [0, 0.05) is 24.7 Å². The van der Waals surface area contributed by atoms with Crippen molar-refractivity contribution in [2.75, 3.05) is 12.3 Å². The van der Waals surface area contributed by atoms with Crippen molar-refractivity contribution < 1.29 is 9.59 Å². The molecule has 1 aromatic carbocycles. The summed E-state index contributed by atoms with van der Waals surface area (Å²) >= 11 is 0. The number of benzene rings is 1. The molecule has 0 unspecified atom stereocenters. The molecule has 1 aromatic heterocycles. The van der Waals surface area contributed by atoms with Gasteiger partial charge in [-0.15, -0.1) is 0 Å². The summed E-state index contributed by atoms with van der Waals surface area (Å²) in [5.41, 5.74) is 6.88. The van der Waals surface area contributed by atoms with Gasteiger partial charge in [0.15, 0.2) is 0 Å². The molecule has 3 N–H and O–H groups in total. The highest BCUT2D eigenvalue weighted by Gasteiger charge is 2.30. The van der Waals surface area contributed by atoms with Gasteiger partial charge in [-0.25, -0.2) is 4.98 Å². The Morgan fingerprint density at radius 1 is 1.43 bits per heavy atom. The zero-order chi connectivity index (χ0) is 14.8. The molecule has 2 aromatic rings. The van der Waals surface area contributed by atoms with Crippen molar-refractivity contribution >= 4 is 28.9 Å². The van der Waals surface area contributed by atoms with Gasteiger partial charge in [0.05, 0.1) is 0 Å². The molecule has 3 rings (SSSR count). The molecule has 1 saturated heterocycles. The maximum absolute atomic E-state index is 12.1. The van der Waals surface area contributed by atoms with E-state index in [1.165, 1.54) is 0 Å². The number of nitrogens with one attached hydrogen (secondary N) is 1. The van der Waals surface area contributed by atoms with E-state index in [2.05, 4.69) is 10.3 Å². The Labute approximate surface area is 121 Å². The van der Waals surface area contributed by atoms with Crippen LogP contribution in [0.5, 0.6) is 0 Å². The fourth-order valence-electron chi connectivity index (χ4n) is 2.69. The molecule has 21 heavy (non-hydrogen) atoms.